The van der Waals surface area contributed by atoms with Gasteiger partial charge in [0.25, 0.3) is 5.91 Å². The number of piperidine rings is 1. The van der Waals surface area contributed by atoms with Crippen LogP contribution in [-0.4, -0.2) is 50.4 Å². The molecular weight excluding hydrogens is 555 g/mol. The molecule has 2 aliphatic heterocycles. The number of nitrogens with one attached hydrogen (secondary N) is 1. The second kappa shape index (κ2) is 10.4. The second-order valence-corrected chi connectivity index (χ2v) is 13.3. The van der Waals surface area contributed by atoms with Crippen molar-refractivity contribution < 1.29 is 13.2 Å². The lowest BCUT2D eigenvalue weighted by atomic mass is 9.77. The summed E-state index contributed by atoms with van der Waals surface area (Å²) in [6.07, 6.45) is 8.11. The first-order chi connectivity index (χ1) is 18.7. The minimum atomic E-state index is -3.96. The first-order valence-electron chi connectivity index (χ1n) is 13.3. The van der Waals surface area contributed by atoms with Crippen molar-refractivity contribution in [2.75, 3.05) is 31.1 Å². The van der Waals surface area contributed by atoms with Gasteiger partial charge in [0.15, 0.2) is 0 Å². The van der Waals surface area contributed by atoms with Crippen LogP contribution in [0.4, 0.5) is 5.69 Å². The summed E-state index contributed by atoms with van der Waals surface area (Å²) in [5.41, 5.74) is 3.84. The van der Waals surface area contributed by atoms with Crippen LogP contribution in [0.1, 0.15) is 53.2 Å². The SMILES string of the molecule is O=C(c1ccc2c(c1)C(NS(=O)(=O)c1c(Cl)cccc1Cl)CC2)N1CCC2(CCN(c3ccncc3)CC2)C1. The standard InChI is InChI=1S/C29H30Cl2N4O3S/c30-24-2-1-3-25(31)27(24)39(37,38)33-26-7-6-20-4-5-21(18-23(20)26)28(36)35-17-12-29(19-35)10-15-34(16-11-29)22-8-13-32-14-9-22/h1-5,8-9,13-14,18,26,33H,6-7,10-12,15-17,19H2. The van der Waals surface area contributed by atoms with Gasteiger partial charge in [0.05, 0.1) is 10.0 Å². The first-order valence-corrected chi connectivity index (χ1v) is 15.5. The second-order valence-electron chi connectivity index (χ2n) is 10.8. The van der Waals surface area contributed by atoms with Crippen LogP contribution in [0.5, 0.6) is 0 Å². The fraction of sp³-hybridized carbons (Fsp3) is 0.379. The number of aryl methyl sites for hydroxylation is 1. The molecule has 2 aromatic carbocycles. The molecule has 1 N–H and O–H groups in total. The van der Waals surface area contributed by atoms with Crippen LogP contribution in [0, 0.1) is 5.41 Å². The third kappa shape index (κ3) is 5.15. The summed E-state index contributed by atoms with van der Waals surface area (Å²) >= 11 is 12.4. The number of anilines is 1. The molecule has 3 aromatic rings. The van der Waals surface area contributed by atoms with Gasteiger partial charge in [-0.2, -0.15) is 0 Å². The first kappa shape index (κ1) is 26.6. The Hall–Kier alpha value is -2.65. The van der Waals surface area contributed by atoms with Crippen molar-refractivity contribution in [1.29, 1.82) is 0 Å². The number of hydrogen-bond acceptors (Lipinski definition) is 5. The van der Waals surface area contributed by atoms with Crippen LogP contribution in [0.2, 0.25) is 10.0 Å². The van der Waals surface area contributed by atoms with Gasteiger partial charge in [-0.05, 0) is 85.0 Å². The number of carbonyl (C=O) groups is 1. The molecule has 2 fully saturated rings. The van der Waals surface area contributed by atoms with E-state index in [1.807, 2.05) is 47.6 Å². The molecule has 10 heteroatoms. The molecule has 1 aromatic heterocycles. The number of hydrogen-bond donors (Lipinski definition) is 1. The van der Waals surface area contributed by atoms with Crippen LogP contribution in [0.25, 0.3) is 0 Å². The molecule has 2 saturated heterocycles. The summed E-state index contributed by atoms with van der Waals surface area (Å²) in [4.78, 5) is 22.0. The van der Waals surface area contributed by atoms with Crippen molar-refractivity contribution in [2.45, 2.75) is 43.0 Å². The van der Waals surface area contributed by atoms with E-state index in [1.54, 1.807) is 6.07 Å². The van der Waals surface area contributed by atoms with Gasteiger partial charge in [-0.1, -0.05) is 35.3 Å². The average molecular weight is 586 g/mol. The molecule has 7 nitrogen and oxygen atoms in total. The van der Waals surface area contributed by atoms with Crippen LogP contribution >= 0.6 is 23.2 Å². The molecule has 3 aliphatic rings. The maximum atomic E-state index is 13.6. The Balaban J connectivity index is 1.15. The molecule has 1 atom stereocenters. The van der Waals surface area contributed by atoms with Crippen molar-refractivity contribution in [3.63, 3.8) is 0 Å². The van der Waals surface area contributed by atoms with E-state index < -0.39 is 16.1 Å². The highest BCUT2D eigenvalue weighted by Crippen LogP contribution is 2.42. The third-order valence-electron chi connectivity index (χ3n) is 8.53. The minimum absolute atomic E-state index is 0.00823. The van der Waals surface area contributed by atoms with E-state index in [4.69, 9.17) is 23.2 Å². The molecule has 0 saturated carbocycles. The van der Waals surface area contributed by atoms with Gasteiger partial charge in [0.1, 0.15) is 4.90 Å². The smallest absolute Gasteiger partial charge is 0.253 e. The minimum Gasteiger partial charge on any atom is -0.371 e. The predicted octanol–water partition coefficient (Wildman–Crippen LogP) is 5.49. The van der Waals surface area contributed by atoms with E-state index >= 15 is 0 Å². The zero-order valence-electron chi connectivity index (χ0n) is 21.4. The zero-order chi connectivity index (χ0) is 27.2. The molecule has 204 valence electrons. The number of pyridine rings is 1. The van der Waals surface area contributed by atoms with Gasteiger partial charge >= 0.3 is 0 Å². The molecule has 1 unspecified atom stereocenters. The van der Waals surface area contributed by atoms with Crippen molar-refractivity contribution in [3.05, 3.63) is 87.7 Å². The number of likely N-dealkylation sites (tertiary alicyclic amines) is 1. The Morgan fingerprint density at radius 3 is 2.38 bits per heavy atom. The Labute approximate surface area is 239 Å². The summed E-state index contributed by atoms with van der Waals surface area (Å²) in [6.45, 7) is 3.45. The van der Waals surface area contributed by atoms with Crippen LogP contribution in [-0.2, 0) is 16.4 Å². The molecule has 39 heavy (non-hydrogen) atoms. The van der Waals surface area contributed by atoms with Crippen molar-refractivity contribution in [1.82, 2.24) is 14.6 Å². The molecule has 3 heterocycles. The van der Waals surface area contributed by atoms with Crippen molar-refractivity contribution in [2.24, 2.45) is 5.41 Å². The Bertz CT molecular complexity index is 1490. The lowest BCUT2D eigenvalue weighted by molar-refractivity contribution is 0.0764. The monoisotopic (exact) mass is 584 g/mol. The van der Waals surface area contributed by atoms with E-state index in [9.17, 15) is 13.2 Å². The molecule has 1 spiro atoms. The Kier molecular flexibility index (Phi) is 7.08. The highest BCUT2D eigenvalue weighted by Gasteiger charge is 2.42. The number of halogens is 2. The third-order valence-corrected chi connectivity index (χ3v) is 11.0. The van der Waals surface area contributed by atoms with Gasteiger partial charge < -0.3 is 9.80 Å². The van der Waals surface area contributed by atoms with E-state index in [-0.39, 0.29) is 26.3 Å². The lowest BCUT2D eigenvalue weighted by Crippen LogP contribution is -2.42. The van der Waals surface area contributed by atoms with Gasteiger partial charge in [-0.25, -0.2) is 13.1 Å². The largest absolute Gasteiger partial charge is 0.371 e. The zero-order valence-corrected chi connectivity index (χ0v) is 23.8. The molecule has 6 rings (SSSR count). The quantitative estimate of drug-likeness (QED) is 0.429. The van der Waals surface area contributed by atoms with E-state index in [2.05, 4.69) is 14.6 Å². The average Bonchev–Trinajstić information content (AvgIpc) is 3.52. The van der Waals surface area contributed by atoms with E-state index in [0.717, 1.165) is 63.0 Å². The molecule has 1 amide bonds. The maximum absolute atomic E-state index is 13.6. The fourth-order valence-electron chi connectivity index (χ4n) is 6.34. The fourth-order valence-corrected chi connectivity index (χ4v) is 8.73. The van der Waals surface area contributed by atoms with E-state index in [0.29, 0.717) is 12.0 Å². The Morgan fingerprint density at radius 2 is 1.67 bits per heavy atom. The number of fused-ring (bicyclic) bond motifs is 1. The highest BCUT2D eigenvalue weighted by molar-refractivity contribution is 7.89. The molecule has 0 bridgehead atoms. The summed E-state index contributed by atoms with van der Waals surface area (Å²) in [6, 6.07) is 14.0. The summed E-state index contributed by atoms with van der Waals surface area (Å²) in [7, 11) is -3.96. The lowest BCUT2D eigenvalue weighted by Gasteiger charge is -2.40. The summed E-state index contributed by atoms with van der Waals surface area (Å²) in [5, 5.41) is 0.151. The number of nitrogens with zero attached hydrogens (tertiary/aromatic N) is 3. The highest BCUT2D eigenvalue weighted by atomic mass is 35.5. The van der Waals surface area contributed by atoms with Crippen LogP contribution in [0.15, 0.2) is 65.8 Å². The van der Waals surface area contributed by atoms with Crippen LogP contribution < -0.4 is 9.62 Å². The van der Waals surface area contributed by atoms with Gasteiger partial charge in [-0.3, -0.25) is 9.78 Å². The maximum Gasteiger partial charge on any atom is 0.253 e. The number of aromatic nitrogens is 1. The Morgan fingerprint density at radius 1 is 0.974 bits per heavy atom. The normalized spacial score (nSPS) is 20.4. The summed E-state index contributed by atoms with van der Waals surface area (Å²) in [5.74, 6) is 0.00823. The number of amides is 1. The topological polar surface area (TPSA) is 82.6 Å². The number of carbonyl (C=O) groups excluding carboxylic acids is 1. The van der Waals surface area contributed by atoms with Gasteiger partial charge in [-0.15, -0.1) is 0 Å². The molecule has 0 radical (unpaired) electrons. The summed E-state index contributed by atoms with van der Waals surface area (Å²) < 4.78 is 29.2. The predicted molar refractivity (Wildman–Crippen MR) is 153 cm³/mol. The number of benzene rings is 2. The van der Waals surface area contributed by atoms with Gasteiger partial charge in [0, 0.05) is 55.9 Å². The molecule has 1 aliphatic carbocycles. The molecular formula is C29H30Cl2N4O3S. The van der Waals surface area contributed by atoms with E-state index in [1.165, 1.54) is 17.8 Å². The van der Waals surface area contributed by atoms with Gasteiger partial charge in [0.2, 0.25) is 10.0 Å². The van der Waals surface area contributed by atoms with Crippen molar-refractivity contribution >= 4 is 44.8 Å². The van der Waals surface area contributed by atoms with Crippen molar-refractivity contribution in [3.8, 4) is 0 Å². The number of rotatable bonds is 5. The van der Waals surface area contributed by atoms with Crippen LogP contribution in [0.3, 0.4) is 0 Å². The number of sulfonamides is 1.